The van der Waals surface area contributed by atoms with Crippen LogP contribution in [-0.4, -0.2) is 65.3 Å². The molecule has 160 valence electrons. The lowest BCUT2D eigenvalue weighted by atomic mass is 10.3. The lowest BCUT2D eigenvalue weighted by Crippen LogP contribution is -2.29. The number of aliphatic hydroxyl groups excluding tert-OH is 1. The number of carbonyl (C=O) groups excluding carboxylic acids is 1. The van der Waals surface area contributed by atoms with Gasteiger partial charge in [0.25, 0.3) is 0 Å². The van der Waals surface area contributed by atoms with Gasteiger partial charge < -0.3 is 25.4 Å². The van der Waals surface area contributed by atoms with E-state index >= 15 is 0 Å². The molecule has 1 heterocycles. The maximum Gasteiger partial charge on any atom is 0.422 e. The highest BCUT2D eigenvalue weighted by atomic mass is 19.4. The minimum absolute atomic E-state index is 0.137. The van der Waals surface area contributed by atoms with Crippen LogP contribution in [0.5, 0.6) is 5.75 Å². The molecule has 0 aliphatic heterocycles. The second-order valence-electron chi connectivity index (χ2n) is 6.49. The van der Waals surface area contributed by atoms with Gasteiger partial charge in [-0.15, -0.1) is 0 Å². The molecule has 3 N–H and O–H groups in total. The summed E-state index contributed by atoms with van der Waals surface area (Å²) in [4.78, 5) is 13.9. The molecule has 1 unspecified atom stereocenters. The molecule has 0 saturated carbocycles. The first-order valence-electron chi connectivity index (χ1n) is 8.44. The Morgan fingerprint density at radius 1 is 1.34 bits per heavy atom. The number of ether oxygens (including phenoxy) is 1. The van der Waals surface area contributed by atoms with Crippen molar-refractivity contribution in [1.82, 2.24) is 14.7 Å². The van der Waals surface area contributed by atoms with Crippen molar-refractivity contribution in [2.45, 2.75) is 18.8 Å². The fraction of sp³-hybridized carbons (Fsp3) is 0.412. The molecule has 29 heavy (non-hydrogen) atoms. The van der Waals surface area contributed by atoms with E-state index in [4.69, 9.17) is 0 Å². The van der Waals surface area contributed by atoms with E-state index in [1.54, 1.807) is 0 Å². The van der Waals surface area contributed by atoms with E-state index in [0.717, 1.165) is 18.2 Å². The first kappa shape index (κ1) is 22.4. The average Bonchev–Trinajstić information content (AvgIpc) is 3.00. The third kappa shape index (κ3) is 7.95. The molecule has 1 aromatic heterocycles. The number of aromatic nitrogens is 2. The molecule has 2 amide bonds. The summed E-state index contributed by atoms with van der Waals surface area (Å²) in [5.41, 5.74) is 0.154. The number of hydrogen-bond donors (Lipinski definition) is 3. The van der Waals surface area contributed by atoms with Crippen molar-refractivity contribution in [1.29, 1.82) is 0 Å². The van der Waals surface area contributed by atoms with E-state index < -0.39 is 36.5 Å². The molecule has 0 fully saturated rings. The zero-order valence-corrected chi connectivity index (χ0v) is 15.7. The Labute approximate surface area is 164 Å². The second kappa shape index (κ2) is 9.56. The molecule has 12 heteroatoms. The zero-order valence-electron chi connectivity index (χ0n) is 15.7. The van der Waals surface area contributed by atoms with Gasteiger partial charge in [0.1, 0.15) is 11.6 Å². The minimum Gasteiger partial charge on any atom is -0.482 e. The summed E-state index contributed by atoms with van der Waals surface area (Å²) in [6.07, 6.45) is -2.46. The monoisotopic (exact) mass is 419 g/mol. The Morgan fingerprint density at radius 2 is 2.07 bits per heavy atom. The predicted octanol–water partition coefficient (Wildman–Crippen LogP) is 2.53. The van der Waals surface area contributed by atoms with Gasteiger partial charge in [-0.1, -0.05) is 0 Å². The van der Waals surface area contributed by atoms with E-state index in [9.17, 15) is 27.5 Å². The molecule has 1 atom stereocenters. The van der Waals surface area contributed by atoms with Gasteiger partial charge in [-0.05, 0) is 26.2 Å². The number of urea groups is 1. The highest BCUT2D eigenvalue weighted by Crippen LogP contribution is 2.27. The van der Waals surface area contributed by atoms with Crippen LogP contribution in [0.1, 0.15) is 0 Å². The van der Waals surface area contributed by atoms with Gasteiger partial charge in [-0.25, -0.2) is 9.18 Å². The summed E-state index contributed by atoms with van der Waals surface area (Å²) < 4.78 is 56.3. The fourth-order valence-electron chi connectivity index (χ4n) is 2.39. The average molecular weight is 419 g/mol. The highest BCUT2D eigenvalue weighted by Gasteiger charge is 2.29. The molecule has 0 radical (unpaired) electrons. The zero-order chi connectivity index (χ0) is 21.6. The van der Waals surface area contributed by atoms with Crippen LogP contribution in [0, 0.1) is 5.82 Å². The molecule has 0 spiro atoms. The van der Waals surface area contributed by atoms with Gasteiger partial charge >= 0.3 is 12.2 Å². The van der Waals surface area contributed by atoms with Crippen LogP contribution in [0.2, 0.25) is 0 Å². The van der Waals surface area contributed by atoms with E-state index in [-0.39, 0.29) is 12.2 Å². The molecule has 2 rings (SSSR count). The molecule has 1 aromatic carbocycles. The molecular weight excluding hydrogens is 398 g/mol. The van der Waals surface area contributed by atoms with E-state index in [1.807, 2.05) is 19.0 Å². The van der Waals surface area contributed by atoms with Crippen LogP contribution >= 0.6 is 0 Å². The maximum absolute atomic E-state index is 13.3. The number of hydrogen-bond acceptors (Lipinski definition) is 5. The normalized spacial score (nSPS) is 12.7. The maximum atomic E-state index is 13.3. The highest BCUT2D eigenvalue weighted by molar-refractivity contribution is 6.00. The molecule has 8 nitrogen and oxygen atoms in total. The Hall–Kier alpha value is -2.86. The van der Waals surface area contributed by atoms with Crippen molar-refractivity contribution < 1.29 is 32.2 Å². The number of anilines is 2. The van der Waals surface area contributed by atoms with Crippen molar-refractivity contribution in [3.05, 3.63) is 36.4 Å². The number of rotatable bonds is 8. The Kier molecular flexibility index (Phi) is 7.40. The van der Waals surface area contributed by atoms with Crippen molar-refractivity contribution in [3.8, 4) is 5.75 Å². The molecular formula is C17H21F4N5O3. The second-order valence-corrected chi connectivity index (χ2v) is 6.49. The molecule has 0 bridgehead atoms. The number of amides is 2. The van der Waals surface area contributed by atoms with Gasteiger partial charge in [-0.2, -0.15) is 18.3 Å². The molecule has 0 saturated heterocycles. The van der Waals surface area contributed by atoms with Crippen LogP contribution in [0.3, 0.4) is 0 Å². The SMILES string of the molecule is CN(C)CC(O)Cn1cc(NC(=O)Nc2ccc(F)cc2OCC(F)(F)F)cn1. The lowest BCUT2D eigenvalue weighted by molar-refractivity contribution is -0.153. The molecule has 0 aliphatic carbocycles. The van der Waals surface area contributed by atoms with E-state index in [2.05, 4.69) is 20.5 Å². The quantitative estimate of drug-likeness (QED) is 0.572. The summed E-state index contributed by atoms with van der Waals surface area (Å²) in [5.74, 6) is -1.27. The van der Waals surface area contributed by atoms with Crippen LogP contribution < -0.4 is 15.4 Å². The molecule has 0 aliphatic rings. The van der Waals surface area contributed by atoms with E-state index in [1.165, 1.54) is 17.1 Å². The number of benzene rings is 1. The number of alkyl halides is 3. The topological polar surface area (TPSA) is 91.7 Å². The summed E-state index contributed by atoms with van der Waals surface area (Å²) in [6.45, 7) is -1.00. The van der Waals surface area contributed by atoms with Crippen LogP contribution in [0.25, 0.3) is 0 Å². The van der Waals surface area contributed by atoms with E-state index in [0.29, 0.717) is 12.2 Å². The van der Waals surface area contributed by atoms with Crippen molar-refractivity contribution in [3.63, 3.8) is 0 Å². The number of carbonyl (C=O) groups is 1. The van der Waals surface area contributed by atoms with Crippen LogP contribution in [0.15, 0.2) is 30.6 Å². The van der Waals surface area contributed by atoms with Crippen LogP contribution in [0.4, 0.5) is 33.7 Å². The number of nitrogens with one attached hydrogen (secondary N) is 2. The fourth-order valence-corrected chi connectivity index (χ4v) is 2.39. The minimum atomic E-state index is -4.61. The number of aliphatic hydroxyl groups is 1. The van der Waals surface area contributed by atoms with Gasteiger partial charge in [-0.3, -0.25) is 4.68 Å². The van der Waals surface area contributed by atoms with Gasteiger partial charge in [0.05, 0.1) is 30.2 Å². The predicted molar refractivity (Wildman–Crippen MR) is 97.4 cm³/mol. The smallest absolute Gasteiger partial charge is 0.422 e. The van der Waals surface area contributed by atoms with Crippen LogP contribution in [-0.2, 0) is 6.54 Å². The summed E-state index contributed by atoms with van der Waals surface area (Å²) in [6, 6.07) is 2.01. The third-order valence-electron chi connectivity index (χ3n) is 3.45. The summed E-state index contributed by atoms with van der Waals surface area (Å²) in [5, 5.41) is 18.6. The number of likely N-dealkylation sites (N-methyl/N-ethyl adjacent to an activating group) is 1. The Morgan fingerprint density at radius 3 is 2.72 bits per heavy atom. The van der Waals surface area contributed by atoms with Gasteiger partial charge in [0.15, 0.2) is 6.61 Å². The largest absolute Gasteiger partial charge is 0.482 e. The van der Waals surface area contributed by atoms with Crippen molar-refractivity contribution in [2.75, 3.05) is 37.9 Å². The first-order chi connectivity index (χ1) is 13.5. The lowest BCUT2D eigenvalue weighted by Gasteiger charge is -2.15. The third-order valence-corrected chi connectivity index (χ3v) is 3.45. The summed E-state index contributed by atoms with van der Waals surface area (Å²) >= 11 is 0. The van der Waals surface area contributed by atoms with Gasteiger partial charge in [0.2, 0.25) is 0 Å². The first-order valence-corrected chi connectivity index (χ1v) is 8.44. The molecule has 2 aromatic rings. The van der Waals surface area contributed by atoms with Crippen molar-refractivity contribution in [2.24, 2.45) is 0 Å². The van der Waals surface area contributed by atoms with Crippen molar-refractivity contribution >= 4 is 17.4 Å². The van der Waals surface area contributed by atoms with Gasteiger partial charge in [0, 0.05) is 18.8 Å². The standard InChI is InChI=1S/C17H21F4N5O3/c1-25(2)8-13(27)9-26-7-12(6-22-26)23-16(28)24-14-4-3-11(18)5-15(14)29-10-17(19,20)21/h3-7,13,27H,8-10H2,1-2H3,(H2,23,24,28). The number of halogens is 4. The number of nitrogens with zero attached hydrogens (tertiary/aromatic N) is 3. The Balaban J connectivity index is 1.97. The Bertz CT molecular complexity index is 826. The summed E-state index contributed by atoms with van der Waals surface area (Å²) in [7, 11) is 3.62.